The van der Waals surface area contributed by atoms with Crippen LogP contribution in [-0.4, -0.2) is 46.6 Å². The summed E-state index contributed by atoms with van der Waals surface area (Å²) in [7, 11) is -0.642. The molecule has 6 nitrogen and oxygen atoms in total. The lowest BCUT2D eigenvalue weighted by molar-refractivity contribution is 0.138. The summed E-state index contributed by atoms with van der Waals surface area (Å²) in [6.07, 6.45) is 0. The van der Waals surface area contributed by atoms with Crippen LogP contribution in [0.3, 0.4) is 0 Å². The van der Waals surface area contributed by atoms with E-state index >= 15 is 0 Å². The Morgan fingerprint density at radius 3 is 2.60 bits per heavy atom. The van der Waals surface area contributed by atoms with Crippen LogP contribution < -0.4 is 10.5 Å². The van der Waals surface area contributed by atoms with Gasteiger partial charge < -0.3 is 15.2 Å². The van der Waals surface area contributed by atoms with Gasteiger partial charge in [0.05, 0.1) is 13.7 Å². The predicted octanol–water partition coefficient (Wildman–Crippen LogP) is 0.811. The predicted molar refractivity (Wildman–Crippen MR) is 77.2 cm³/mol. The van der Waals surface area contributed by atoms with Gasteiger partial charge in [0.1, 0.15) is 10.6 Å². The molecule has 1 rings (SSSR count). The van der Waals surface area contributed by atoms with Crippen LogP contribution in [0.2, 0.25) is 0 Å². The van der Waals surface area contributed by atoms with E-state index in [1.54, 1.807) is 12.1 Å². The van der Waals surface area contributed by atoms with Gasteiger partial charge in [-0.2, -0.15) is 4.31 Å². The van der Waals surface area contributed by atoms with Gasteiger partial charge in [-0.3, -0.25) is 0 Å². The molecule has 0 aliphatic carbocycles. The van der Waals surface area contributed by atoms with E-state index in [9.17, 15) is 8.42 Å². The maximum atomic E-state index is 12.5. The van der Waals surface area contributed by atoms with Crippen LogP contribution in [0, 0.1) is 0 Å². The zero-order valence-corrected chi connectivity index (χ0v) is 12.9. The van der Waals surface area contributed by atoms with Crippen molar-refractivity contribution in [3.8, 4) is 5.75 Å². The SMILES string of the molecule is CCOCCN(C)S(=O)(=O)c1ccc(CN)cc1OC. The van der Waals surface area contributed by atoms with Crippen LogP contribution in [0.15, 0.2) is 23.1 Å². The van der Waals surface area contributed by atoms with Crippen molar-refractivity contribution in [2.45, 2.75) is 18.4 Å². The fraction of sp³-hybridized carbons (Fsp3) is 0.538. The van der Waals surface area contributed by atoms with Crippen molar-refractivity contribution >= 4 is 10.0 Å². The molecule has 20 heavy (non-hydrogen) atoms. The molecule has 0 heterocycles. The Balaban J connectivity index is 3.02. The third-order valence-corrected chi connectivity index (χ3v) is 4.80. The Labute approximate surface area is 120 Å². The third-order valence-electron chi connectivity index (χ3n) is 2.91. The van der Waals surface area contributed by atoms with Gasteiger partial charge in [0.15, 0.2) is 0 Å². The molecular weight excluding hydrogens is 280 g/mol. The summed E-state index contributed by atoms with van der Waals surface area (Å²) in [4.78, 5) is 0.135. The largest absolute Gasteiger partial charge is 0.495 e. The normalized spacial score (nSPS) is 11.8. The molecule has 0 aliphatic rings. The average Bonchev–Trinajstić information content (AvgIpc) is 2.46. The number of nitrogens with two attached hydrogens (primary N) is 1. The maximum absolute atomic E-state index is 12.5. The van der Waals surface area contributed by atoms with Crippen LogP contribution >= 0.6 is 0 Å². The summed E-state index contributed by atoms with van der Waals surface area (Å²) in [6.45, 7) is 3.40. The Kier molecular flexibility index (Phi) is 6.41. The van der Waals surface area contributed by atoms with Crippen molar-refractivity contribution in [3.05, 3.63) is 23.8 Å². The highest BCUT2D eigenvalue weighted by molar-refractivity contribution is 7.89. The van der Waals surface area contributed by atoms with Gasteiger partial charge in [0, 0.05) is 26.7 Å². The molecule has 0 bridgehead atoms. The highest BCUT2D eigenvalue weighted by atomic mass is 32.2. The number of likely N-dealkylation sites (N-methyl/N-ethyl adjacent to an activating group) is 1. The Morgan fingerprint density at radius 2 is 2.05 bits per heavy atom. The van der Waals surface area contributed by atoms with Crippen LogP contribution in [0.4, 0.5) is 0 Å². The molecule has 0 atom stereocenters. The third kappa shape index (κ3) is 3.92. The number of hydrogen-bond acceptors (Lipinski definition) is 5. The van der Waals surface area contributed by atoms with E-state index in [4.69, 9.17) is 15.2 Å². The monoisotopic (exact) mass is 302 g/mol. The molecule has 1 aromatic carbocycles. The van der Waals surface area contributed by atoms with E-state index in [1.165, 1.54) is 24.5 Å². The first-order valence-corrected chi connectivity index (χ1v) is 7.82. The molecule has 114 valence electrons. The first-order valence-electron chi connectivity index (χ1n) is 6.38. The molecular formula is C13H22N2O4S. The summed E-state index contributed by atoms with van der Waals surface area (Å²) in [5, 5.41) is 0. The van der Waals surface area contributed by atoms with Crippen molar-refractivity contribution in [2.24, 2.45) is 5.73 Å². The summed E-state index contributed by atoms with van der Waals surface area (Å²) in [6, 6.07) is 4.85. The molecule has 7 heteroatoms. The first-order chi connectivity index (χ1) is 9.47. The topological polar surface area (TPSA) is 81.9 Å². The van der Waals surface area contributed by atoms with Crippen molar-refractivity contribution in [1.82, 2.24) is 4.31 Å². The van der Waals surface area contributed by atoms with Crippen LogP contribution in [0.25, 0.3) is 0 Å². The van der Waals surface area contributed by atoms with Crippen LogP contribution in [0.5, 0.6) is 5.75 Å². The minimum Gasteiger partial charge on any atom is -0.495 e. The zero-order chi connectivity index (χ0) is 15.2. The molecule has 0 fully saturated rings. The molecule has 0 amide bonds. The Morgan fingerprint density at radius 1 is 1.35 bits per heavy atom. The summed E-state index contributed by atoms with van der Waals surface area (Å²) < 4.78 is 36.5. The van der Waals surface area contributed by atoms with E-state index < -0.39 is 10.0 Å². The van der Waals surface area contributed by atoms with Gasteiger partial charge in [0.2, 0.25) is 10.0 Å². The number of nitrogens with zero attached hydrogens (tertiary/aromatic N) is 1. The summed E-state index contributed by atoms with van der Waals surface area (Å²) in [5.74, 6) is 0.302. The molecule has 0 unspecified atom stereocenters. The smallest absolute Gasteiger partial charge is 0.246 e. The van der Waals surface area contributed by atoms with Crippen LogP contribution in [0.1, 0.15) is 12.5 Å². The molecule has 0 aromatic heterocycles. The van der Waals surface area contributed by atoms with E-state index in [2.05, 4.69) is 0 Å². The molecule has 0 aliphatic heterocycles. The van der Waals surface area contributed by atoms with Gasteiger partial charge in [-0.25, -0.2) is 8.42 Å². The zero-order valence-electron chi connectivity index (χ0n) is 12.1. The van der Waals surface area contributed by atoms with Crippen LogP contribution in [-0.2, 0) is 21.3 Å². The van der Waals surface area contributed by atoms with Gasteiger partial charge >= 0.3 is 0 Å². The van der Waals surface area contributed by atoms with E-state index in [0.717, 1.165) is 5.56 Å². The first kappa shape index (κ1) is 16.9. The average molecular weight is 302 g/mol. The molecule has 0 spiro atoms. The van der Waals surface area contributed by atoms with Gasteiger partial charge in [-0.15, -0.1) is 0 Å². The van der Waals surface area contributed by atoms with E-state index in [-0.39, 0.29) is 11.4 Å². The molecule has 2 N–H and O–H groups in total. The Bertz CT molecular complexity index is 531. The van der Waals surface area contributed by atoms with Gasteiger partial charge in [0.25, 0.3) is 0 Å². The quantitative estimate of drug-likeness (QED) is 0.719. The fourth-order valence-electron chi connectivity index (χ4n) is 1.68. The molecule has 1 aromatic rings. The molecule has 0 saturated heterocycles. The number of methoxy groups -OCH3 is 1. The van der Waals surface area contributed by atoms with E-state index in [0.29, 0.717) is 25.5 Å². The second kappa shape index (κ2) is 7.58. The van der Waals surface area contributed by atoms with Gasteiger partial charge in [-0.05, 0) is 24.6 Å². The number of hydrogen-bond donors (Lipinski definition) is 1. The minimum atomic E-state index is -3.60. The highest BCUT2D eigenvalue weighted by Crippen LogP contribution is 2.27. The van der Waals surface area contributed by atoms with Gasteiger partial charge in [-0.1, -0.05) is 6.07 Å². The molecule has 0 saturated carbocycles. The lowest BCUT2D eigenvalue weighted by Crippen LogP contribution is -2.30. The summed E-state index contributed by atoms with van der Waals surface area (Å²) >= 11 is 0. The molecule has 0 radical (unpaired) electrons. The second-order valence-electron chi connectivity index (χ2n) is 4.21. The van der Waals surface area contributed by atoms with Crippen molar-refractivity contribution in [1.29, 1.82) is 0 Å². The highest BCUT2D eigenvalue weighted by Gasteiger charge is 2.24. The lowest BCUT2D eigenvalue weighted by Gasteiger charge is -2.19. The number of benzene rings is 1. The number of rotatable bonds is 8. The Hall–Kier alpha value is -1.15. The number of ether oxygens (including phenoxy) is 2. The van der Waals surface area contributed by atoms with Crippen molar-refractivity contribution in [3.63, 3.8) is 0 Å². The van der Waals surface area contributed by atoms with E-state index in [1.807, 2.05) is 6.92 Å². The maximum Gasteiger partial charge on any atom is 0.246 e. The standard InChI is InChI=1S/C13H22N2O4S/c1-4-19-8-7-15(2)20(16,17)13-6-5-11(10-14)9-12(13)18-3/h5-6,9H,4,7-8,10,14H2,1-3H3. The second-order valence-corrected chi connectivity index (χ2v) is 6.23. The van der Waals surface area contributed by atoms with Crippen molar-refractivity contribution in [2.75, 3.05) is 33.9 Å². The van der Waals surface area contributed by atoms with Crippen molar-refractivity contribution < 1.29 is 17.9 Å². The summed E-state index contributed by atoms with van der Waals surface area (Å²) in [5.41, 5.74) is 6.36. The number of sulfonamides is 1. The minimum absolute atomic E-state index is 0.135. The lowest BCUT2D eigenvalue weighted by atomic mass is 10.2. The fourth-order valence-corrected chi connectivity index (χ4v) is 2.96.